The van der Waals surface area contributed by atoms with Crippen molar-refractivity contribution in [1.29, 1.82) is 0 Å². The highest BCUT2D eigenvalue weighted by Crippen LogP contribution is 2.39. The maximum atomic E-state index is 4.62. The third-order valence-corrected chi connectivity index (χ3v) is 4.11. The van der Waals surface area contributed by atoms with E-state index < -0.39 is 0 Å². The van der Waals surface area contributed by atoms with Crippen LogP contribution in [-0.2, 0) is 0 Å². The fourth-order valence-electron chi connectivity index (χ4n) is 2.78. The fourth-order valence-corrected chi connectivity index (χ4v) is 2.78. The molecule has 1 aromatic rings. The molecule has 1 aromatic carbocycles. The van der Waals surface area contributed by atoms with Crippen LogP contribution in [0.2, 0.25) is 0 Å². The lowest BCUT2D eigenvalue weighted by Crippen LogP contribution is -2.27. The SMILES string of the molecule is C=Cc1cc(/C(=N/C(=C)C)NCC)c(C2CCC2)cc1C. The molecule has 0 aromatic heterocycles. The number of benzene rings is 1. The first kappa shape index (κ1) is 15.6. The van der Waals surface area contributed by atoms with Gasteiger partial charge in [-0.3, -0.25) is 0 Å². The van der Waals surface area contributed by atoms with Crippen LogP contribution in [0.4, 0.5) is 0 Å². The first-order valence-corrected chi connectivity index (χ1v) is 7.82. The first-order valence-electron chi connectivity index (χ1n) is 7.82. The maximum Gasteiger partial charge on any atom is 0.133 e. The van der Waals surface area contributed by atoms with E-state index in [-0.39, 0.29) is 0 Å². The fraction of sp³-hybridized carbons (Fsp3) is 0.421. The highest BCUT2D eigenvalue weighted by Gasteiger charge is 2.24. The van der Waals surface area contributed by atoms with Gasteiger partial charge in [-0.05, 0) is 62.3 Å². The van der Waals surface area contributed by atoms with E-state index in [0.29, 0.717) is 5.92 Å². The molecule has 1 aliphatic rings. The van der Waals surface area contributed by atoms with Crippen molar-refractivity contribution < 1.29 is 0 Å². The second-order valence-electron chi connectivity index (χ2n) is 5.85. The van der Waals surface area contributed by atoms with Gasteiger partial charge in [-0.25, -0.2) is 4.99 Å². The van der Waals surface area contributed by atoms with Crippen molar-refractivity contribution in [2.45, 2.75) is 46.0 Å². The summed E-state index contributed by atoms with van der Waals surface area (Å²) in [6, 6.07) is 4.54. The van der Waals surface area contributed by atoms with E-state index in [1.165, 1.54) is 41.5 Å². The number of hydrogen-bond acceptors (Lipinski definition) is 1. The molecule has 0 spiro atoms. The highest BCUT2D eigenvalue weighted by molar-refractivity contribution is 6.01. The monoisotopic (exact) mass is 282 g/mol. The van der Waals surface area contributed by atoms with Crippen molar-refractivity contribution in [3.8, 4) is 0 Å². The van der Waals surface area contributed by atoms with Crippen molar-refractivity contribution in [3.63, 3.8) is 0 Å². The number of allylic oxidation sites excluding steroid dienone is 1. The lowest BCUT2D eigenvalue weighted by molar-refractivity contribution is 0.419. The van der Waals surface area contributed by atoms with Crippen LogP contribution < -0.4 is 5.32 Å². The van der Waals surface area contributed by atoms with E-state index in [2.05, 4.69) is 49.4 Å². The maximum absolute atomic E-state index is 4.62. The lowest BCUT2D eigenvalue weighted by Gasteiger charge is -2.29. The Morgan fingerprint density at radius 3 is 2.62 bits per heavy atom. The van der Waals surface area contributed by atoms with Gasteiger partial charge in [-0.15, -0.1) is 0 Å². The molecule has 112 valence electrons. The van der Waals surface area contributed by atoms with Gasteiger partial charge in [0.15, 0.2) is 0 Å². The van der Waals surface area contributed by atoms with Crippen LogP contribution in [0, 0.1) is 6.92 Å². The zero-order valence-corrected chi connectivity index (χ0v) is 13.5. The van der Waals surface area contributed by atoms with Gasteiger partial charge in [-0.1, -0.05) is 31.7 Å². The van der Waals surface area contributed by atoms with Gasteiger partial charge >= 0.3 is 0 Å². The molecule has 1 aliphatic carbocycles. The number of nitrogens with zero attached hydrogens (tertiary/aromatic N) is 1. The van der Waals surface area contributed by atoms with Gasteiger partial charge in [0.25, 0.3) is 0 Å². The summed E-state index contributed by atoms with van der Waals surface area (Å²) in [7, 11) is 0. The molecule has 0 amide bonds. The van der Waals surface area contributed by atoms with Crippen molar-refractivity contribution in [2.24, 2.45) is 4.99 Å². The molecule has 0 unspecified atom stereocenters. The van der Waals surface area contributed by atoms with Crippen LogP contribution in [0.1, 0.15) is 61.3 Å². The van der Waals surface area contributed by atoms with Gasteiger partial charge in [0.05, 0.1) is 0 Å². The second kappa shape index (κ2) is 6.75. The quantitative estimate of drug-likeness (QED) is 0.609. The van der Waals surface area contributed by atoms with Gasteiger partial charge in [-0.2, -0.15) is 0 Å². The van der Waals surface area contributed by atoms with E-state index >= 15 is 0 Å². The van der Waals surface area contributed by atoms with Gasteiger partial charge in [0.1, 0.15) is 5.84 Å². The summed E-state index contributed by atoms with van der Waals surface area (Å²) in [5.74, 6) is 1.61. The summed E-state index contributed by atoms with van der Waals surface area (Å²) in [5, 5.41) is 3.40. The molecule has 0 radical (unpaired) electrons. The molecule has 0 heterocycles. The molecule has 1 N–H and O–H groups in total. The first-order chi connectivity index (χ1) is 10.1. The Labute approximate surface area is 128 Å². The number of amidine groups is 1. The largest absolute Gasteiger partial charge is 0.370 e. The predicted molar refractivity (Wildman–Crippen MR) is 92.9 cm³/mol. The van der Waals surface area contributed by atoms with Crippen LogP contribution in [0.5, 0.6) is 0 Å². The van der Waals surface area contributed by atoms with E-state index in [1.807, 2.05) is 13.0 Å². The number of nitrogens with one attached hydrogen (secondary N) is 1. The summed E-state index contributed by atoms with van der Waals surface area (Å²) in [6.45, 7) is 14.9. The third kappa shape index (κ3) is 3.44. The predicted octanol–water partition coefficient (Wildman–Crippen LogP) is 4.80. The minimum atomic E-state index is 0.673. The number of aliphatic imine (C=N–C) groups is 1. The molecule has 0 saturated heterocycles. The Morgan fingerprint density at radius 1 is 1.43 bits per heavy atom. The molecule has 0 aliphatic heterocycles. The molecule has 0 bridgehead atoms. The summed E-state index contributed by atoms with van der Waals surface area (Å²) in [6.07, 6.45) is 5.83. The van der Waals surface area contributed by atoms with Crippen LogP contribution in [-0.4, -0.2) is 12.4 Å². The van der Waals surface area contributed by atoms with E-state index in [9.17, 15) is 0 Å². The van der Waals surface area contributed by atoms with Gasteiger partial charge in [0, 0.05) is 17.8 Å². The number of hydrogen-bond donors (Lipinski definition) is 1. The number of aryl methyl sites for hydroxylation is 1. The Morgan fingerprint density at radius 2 is 2.14 bits per heavy atom. The molecular formula is C19H26N2. The van der Waals surface area contributed by atoms with Gasteiger partial charge in [0.2, 0.25) is 0 Å². The average molecular weight is 282 g/mol. The van der Waals surface area contributed by atoms with Crippen molar-refractivity contribution >= 4 is 11.9 Å². The minimum absolute atomic E-state index is 0.673. The molecule has 21 heavy (non-hydrogen) atoms. The third-order valence-electron chi connectivity index (χ3n) is 4.11. The van der Waals surface area contributed by atoms with Crippen molar-refractivity contribution in [3.05, 3.63) is 53.2 Å². The smallest absolute Gasteiger partial charge is 0.133 e. The molecule has 2 rings (SSSR count). The summed E-state index contributed by atoms with van der Waals surface area (Å²) in [5.41, 5.74) is 5.93. The molecular weight excluding hydrogens is 256 g/mol. The summed E-state index contributed by atoms with van der Waals surface area (Å²) in [4.78, 5) is 4.62. The summed E-state index contributed by atoms with van der Waals surface area (Å²) < 4.78 is 0. The summed E-state index contributed by atoms with van der Waals surface area (Å²) >= 11 is 0. The Kier molecular flexibility index (Phi) is 5.00. The topological polar surface area (TPSA) is 24.4 Å². The zero-order valence-electron chi connectivity index (χ0n) is 13.5. The Balaban J connectivity index is 2.56. The minimum Gasteiger partial charge on any atom is -0.370 e. The van der Waals surface area contributed by atoms with Crippen LogP contribution in [0.3, 0.4) is 0 Å². The van der Waals surface area contributed by atoms with Crippen LogP contribution >= 0.6 is 0 Å². The van der Waals surface area contributed by atoms with E-state index in [4.69, 9.17) is 0 Å². The lowest BCUT2D eigenvalue weighted by atomic mass is 9.77. The highest BCUT2D eigenvalue weighted by atomic mass is 15.0. The van der Waals surface area contributed by atoms with E-state index in [0.717, 1.165) is 18.1 Å². The molecule has 2 heteroatoms. The number of rotatable bonds is 5. The Hall–Kier alpha value is -1.83. The normalized spacial score (nSPS) is 15.5. The van der Waals surface area contributed by atoms with E-state index in [1.54, 1.807) is 0 Å². The second-order valence-corrected chi connectivity index (χ2v) is 5.85. The van der Waals surface area contributed by atoms with Gasteiger partial charge < -0.3 is 5.32 Å². The Bertz CT molecular complexity index is 577. The standard InChI is InChI=1S/C19H26N2/c1-6-15-12-18(19(20-7-2)21-13(3)4)17(11-14(15)5)16-9-8-10-16/h6,11-12,16H,1,3,7-10H2,2,4-5H3,(H,20,21). The van der Waals surface area contributed by atoms with Crippen LogP contribution in [0.25, 0.3) is 6.08 Å². The van der Waals surface area contributed by atoms with Crippen molar-refractivity contribution in [1.82, 2.24) is 5.32 Å². The molecule has 1 fully saturated rings. The molecule has 2 nitrogen and oxygen atoms in total. The zero-order chi connectivity index (χ0) is 15.4. The van der Waals surface area contributed by atoms with Crippen molar-refractivity contribution in [2.75, 3.05) is 6.54 Å². The van der Waals surface area contributed by atoms with Crippen LogP contribution in [0.15, 0.2) is 36.0 Å². The average Bonchev–Trinajstić information content (AvgIpc) is 2.36. The molecule has 1 saturated carbocycles. The molecule has 0 atom stereocenters.